The highest BCUT2D eigenvalue weighted by molar-refractivity contribution is 9.09. The molecule has 1 saturated carbocycles. The first-order valence-electron chi connectivity index (χ1n) is 3.33. The largest absolute Gasteiger partial charge is 0.393 e. The first kappa shape index (κ1) is 7.55. The average Bonchev–Trinajstić information content (AvgIpc) is 2.22. The Labute approximate surface area is 64.6 Å². The molecular weight excluding hydrogens is 180 g/mol. The van der Waals surface area contributed by atoms with Crippen LogP contribution in [0.2, 0.25) is 0 Å². The molecule has 1 aliphatic rings. The van der Waals surface area contributed by atoms with Crippen molar-refractivity contribution in [1.29, 1.82) is 0 Å². The van der Waals surface area contributed by atoms with Crippen molar-refractivity contribution in [3.05, 3.63) is 0 Å². The van der Waals surface area contributed by atoms with Gasteiger partial charge in [-0.05, 0) is 12.8 Å². The van der Waals surface area contributed by atoms with Crippen molar-refractivity contribution in [3.8, 4) is 0 Å². The Kier molecular flexibility index (Phi) is 1.64. The van der Waals surface area contributed by atoms with Gasteiger partial charge < -0.3 is 5.11 Å². The molecule has 0 heterocycles. The minimum Gasteiger partial charge on any atom is -0.393 e. The molecule has 0 aromatic rings. The lowest BCUT2D eigenvalue weighted by molar-refractivity contribution is 0.114. The smallest absolute Gasteiger partial charge is 0.0579 e. The van der Waals surface area contributed by atoms with E-state index in [1.165, 1.54) is 0 Å². The van der Waals surface area contributed by atoms with Crippen LogP contribution in [0, 0.1) is 11.3 Å². The van der Waals surface area contributed by atoms with Crippen LogP contribution in [0.4, 0.5) is 0 Å². The zero-order chi connectivity index (χ0) is 7.23. The van der Waals surface area contributed by atoms with Gasteiger partial charge in [0.1, 0.15) is 0 Å². The maximum Gasteiger partial charge on any atom is 0.0579 e. The summed E-state index contributed by atoms with van der Waals surface area (Å²) in [4.78, 5) is 0.519. The average molecular weight is 193 g/mol. The van der Waals surface area contributed by atoms with Gasteiger partial charge in [0.05, 0.1) is 6.10 Å². The third kappa shape index (κ3) is 0.838. The summed E-state index contributed by atoms with van der Waals surface area (Å²) < 4.78 is 0. The zero-order valence-corrected chi connectivity index (χ0v) is 7.64. The summed E-state index contributed by atoms with van der Waals surface area (Å²) in [6.07, 6.45) is -0.183. The topological polar surface area (TPSA) is 20.2 Å². The van der Waals surface area contributed by atoms with Gasteiger partial charge in [0.15, 0.2) is 0 Å². The molecule has 1 aliphatic carbocycles. The highest BCUT2D eigenvalue weighted by Gasteiger charge is 2.59. The molecule has 0 aliphatic heterocycles. The number of aliphatic hydroxyl groups excluding tert-OH is 1. The molecule has 1 nitrogen and oxygen atoms in total. The number of aliphatic hydroxyl groups is 1. The van der Waals surface area contributed by atoms with Gasteiger partial charge in [-0.15, -0.1) is 0 Å². The Balaban J connectivity index is 2.60. The number of hydrogen-bond acceptors (Lipinski definition) is 1. The predicted octanol–water partition coefficient (Wildman–Crippen LogP) is 1.79. The highest BCUT2D eigenvalue weighted by atomic mass is 79.9. The van der Waals surface area contributed by atoms with Crippen LogP contribution in [-0.2, 0) is 0 Å². The second kappa shape index (κ2) is 1.96. The van der Waals surface area contributed by atoms with Crippen LogP contribution in [0.25, 0.3) is 0 Å². The van der Waals surface area contributed by atoms with E-state index in [1.54, 1.807) is 0 Å². The van der Waals surface area contributed by atoms with E-state index in [0.29, 0.717) is 10.7 Å². The van der Waals surface area contributed by atoms with E-state index < -0.39 is 0 Å². The first-order valence-corrected chi connectivity index (χ1v) is 4.25. The minimum absolute atomic E-state index is 0.139. The van der Waals surface area contributed by atoms with Gasteiger partial charge in [0.2, 0.25) is 0 Å². The third-order valence-corrected chi connectivity index (χ3v) is 4.58. The zero-order valence-electron chi connectivity index (χ0n) is 6.06. The second-order valence-corrected chi connectivity index (χ2v) is 4.22. The Morgan fingerprint density at radius 3 is 2.00 bits per heavy atom. The number of rotatable bonds is 1. The van der Waals surface area contributed by atoms with E-state index in [2.05, 4.69) is 29.8 Å². The molecule has 0 spiro atoms. The molecule has 0 amide bonds. The molecule has 1 rings (SSSR count). The van der Waals surface area contributed by atoms with Gasteiger partial charge in [0.25, 0.3) is 0 Å². The lowest BCUT2D eigenvalue weighted by Crippen LogP contribution is -2.17. The molecule has 0 aromatic carbocycles. The van der Waals surface area contributed by atoms with Crippen molar-refractivity contribution in [3.63, 3.8) is 0 Å². The van der Waals surface area contributed by atoms with Crippen LogP contribution in [0.15, 0.2) is 0 Å². The fourth-order valence-corrected chi connectivity index (χ4v) is 2.52. The van der Waals surface area contributed by atoms with E-state index in [4.69, 9.17) is 0 Å². The van der Waals surface area contributed by atoms with E-state index >= 15 is 0 Å². The minimum atomic E-state index is -0.183. The lowest BCUT2D eigenvalue weighted by atomic mass is 10.0. The fourth-order valence-electron chi connectivity index (χ4n) is 1.30. The molecular formula is C7H13BrO. The Morgan fingerprint density at radius 2 is 2.00 bits per heavy atom. The van der Waals surface area contributed by atoms with Gasteiger partial charge in [-0.25, -0.2) is 0 Å². The van der Waals surface area contributed by atoms with Crippen molar-refractivity contribution < 1.29 is 5.11 Å². The third-order valence-electron chi connectivity index (χ3n) is 2.81. The maximum absolute atomic E-state index is 9.26. The summed E-state index contributed by atoms with van der Waals surface area (Å²) in [6, 6.07) is 0. The van der Waals surface area contributed by atoms with Crippen molar-refractivity contribution >= 4 is 15.9 Å². The highest BCUT2D eigenvalue weighted by Crippen LogP contribution is 2.59. The van der Waals surface area contributed by atoms with E-state index in [0.717, 1.165) is 0 Å². The molecule has 0 radical (unpaired) electrons. The molecule has 1 N–H and O–H groups in total. The summed E-state index contributed by atoms with van der Waals surface area (Å²) in [5.74, 6) is 0.623. The van der Waals surface area contributed by atoms with Crippen LogP contribution in [0.3, 0.4) is 0 Å². The quantitative estimate of drug-likeness (QED) is 0.629. The van der Waals surface area contributed by atoms with Crippen LogP contribution in [0.1, 0.15) is 20.8 Å². The lowest BCUT2D eigenvalue weighted by Gasteiger charge is -2.12. The van der Waals surface area contributed by atoms with Crippen molar-refractivity contribution in [2.45, 2.75) is 31.7 Å². The summed E-state index contributed by atoms with van der Waals surface area (Å²) in [5, 5.41) is 9.26. The molecule has 0 bridgehead atoms. The number of alkyl halides is 1. The SMILES string of the molecule is CC(O)[C@@]1(C)C(Br)[C@@H]1C. The second-order valence-electron chi connectivity index (χ2n) is 3.23. The van der Waals surface area contributed by atoms with Crippen LogP contribution >= 0.6 is 15.9 Å². The first-order chi connectivity index (χ1) is 4.01. The molecule has 54 valence electrons. The number of halogens is 1. The molecule has 2 unspecified atom stereocenters. The molecule has 2 heteroatoms. The fraction of sp³-hybridized carbons (Fsp3) is 1.00. The van der Waals surface area contributed by atoms with Crippen LogP contribution in [-0.4, -0.2) is 16.0 Å². The van der Waals surface area contributed by atoms with Gasteiger partial charge in [-0.3, -0.25) is 0 Å². The summed E-state index contributed by atoms with van der Waals surface area (Å²) in [5.41, 5.74) is 0.139. The Morgan fingerprint density at radius 1 is 1.67 bits per heavy atom. The summed E-state index contributed by atoms with van der Waals surface area (Å²) in [7, 11) is 0. The summed E-state index contributed by atoms with van der Waals surface area (Å²) >= 11 is 3.51. The van der Waals surface area contributed by atoms with Gasteiger partial charge in [-0.2, -0.15) is 0 Å². The summed E-state index contributed by atoms with van der Waals surface area (Å²) in [6.45, 7) is 6.13. The Hall–Kier alpha value is 0.440. The van der Waals surface area contributed by atoms with E-state index in [-0.39, 0.29) is 11.5 Å². The molecule has 0 aromatic heterocycles. The van der Waals surface area contributed by atoms with Crippen LogP contribution < -0.4 is 0 Å². The molecule has 9 heavy (non-hydrogen) atoms. The van der Waals surface area contributed by atoms with E-state index in [9.17, 15) is 5.11 Å². The van der Waals surface area contributed by atoms with Gasteiger partial charge in [0, 0.05) is 10.2 Å². The molecule has 1 fully saturated rings. The van der Waals surface area contributed by atoms with Crippen LogP contribution in [0.5, 0.6) is 0 Å². The normalized spacial score (nSPS) is 53.0. The number of hydrogen-bond donors (Lipinski definition) is 1. The van der Waals surface area contributed by atoms with Crippen molar-refractivity contribution in [2.24, 2.45) is 11.3 Å². The Bertz CT molecular complexity index is 105. The van der Waals surface area contributed by atoms with Crippen molar-refractivity contribution in [1.82, 2.24) is 0 Å². The van der Waals surface area contributed by atoms with Crippen molar-refractivity contribution in [2.75, 3.05) is 0 Å². The molecule has 0 saturated heterocycles. The van der Waals surface area contributed by atoms with Gasteiger partial charge >= 0.3 is 0 Å². The monoisotopic (exact) mass is 192 g/mol. The maximum atomic E-state index is 9.26. The predicted molar refractivity (Wildman–Crippen MR) is 41.7 cm³/mol. The standard InChI is InChI=1S/C7H13BrO/c1-4-6(8)7(4,3)5(2)9/h4-6,9H,1-3H3/t4-,5?,6?,7-/m0/s1. The van der Waals surface area contributed by atoms with Gasteiger partial charge in [-0.1, -0.05) is 29.8 Å². The molecule has 4 atom stereocenters. The van der Waals surface area contributed by atoms with E-state index in [1.807, 2.05) is 6.92 Å².